The normalized spacial score (nSPS) is 13.9. The van der Waals surface area contributed by atoms with Crippen molar-refractivity contribution in [1.82, 2.24) is 4.90 Å². The molecule has 6 heteroatoms. The zero-order chi connectivity index (χ0) is 20.6. The number of para-hydroxylation sites is 1. The lowest BCUT2D eigenvalue weighted by molar-refractivity contribution is -0.152. The zero-order valence-corrected chi connectivity index (χ0v) is 17.1. The Labute approximate surface area is 172 Å². The second-order valence-electron chi connectivity index (χ2n) is 7.16. The topological polar surface area (TPSA) is 59.1 Å². The summed E-state index contributed by atoms with van der Waals surface area (Å²) in [5, 5.41) is 0. The van der Waals surface area contributed by atoms with Crippen LogP contribution in [0.15, 0.2) is 48.5 Å². The summed E-state index contributed by atoms with van der Waals surface area (Å²) in [5.74, 6) is 0.129. The van der Waals surface area contributed by atoms with Gasteiger partial charge in [0.2, 0.25) is 0 Å². The quantitative estimate of drug-likeness (QED) is 0.674. The highest BCUT2D eigenvalue weighted by molar-refractivity contribution is 5.81. The number of carbonyl (C=O) groups is 2. The lowest BCUT2D eigenvalue weighted by atomic mass is 10.1. The fourth-order valence-electron chi connectivity index (χ4n) is 3.35. The number of esters is 1. The van der Waals surface area contributed by atoms with Gasteiger partial charge in [0.25, 0.3) is 5.91 Å². The molecule has 0 atom stereocenters. The van der Waals surface area contributed by atoms with E-state index in [4.69, 9.17) is 9.47 Å². The van der Waals surface area contributed by atoms with Gasteiger partial charge in [-0.2, -0.15) is 0 Å². The molecule has 6 nitrogen and oxygen atoms in total. The minimum absolute atomic E-state index is 0.114. The summed E-state index contributed by atoms with van der Waals surface area (Å²) >= 11 is 0. The van der Waals surface area contributed by atoms with E-state index in [1.165, 1.54) is 16.8 Å². The van der Waals surface area contributed by atoms with Gasteiger partial charge in [-0.25, -0.2) is 0 Å². The van der Waals surface area contributed by atoms with E-state index >= 15 is 0 Å². The second kappa shape index (κ2) is 9.96. The van der Waals surface area contributed by atoms with Crippen LogP contribution in [0.4, 0.5) is 5.69 Å². The molecule has 0 bridgehead atoms. The van der Waals surface area contributed by atoms with Crippen LogP contribution in [0.2, 0.25) is 0 Å². The monoisotopic (exact) mass is 396 g/mol. The van der Waals surface area contributed by atoms with Crippen molar-refractivity contribution in [1.29, 1.82) is 0 Å². The molecule has 1 amide bonds. The lowest BCUT2D eigenvalue weighted by Gasteiger charge is -2.37. The fourth-order valence-corrected chi connectivity index (χ4v) is 3.35. The Bertz CT molecular complexity index is 830. The number of amides is 1. The molecule has 3 rings (SSSR count). The maximum absolute atomic E-state index is 12.4. The van der Waals surface area contributed by atoms with Crippen LogP contribution in [0.1, 0.15) is 17.5 Å². The van der Waals surface area contributed by atoms with Crippen LogP contribution < -0.4 is 9.64 Å². The Morgan fingerprint density at radius 2 is 1.66 bits per heavy atom. The summed E-state index contributed by atoms with van der Waals surface area (Å²) in [5.41, 5.74) is 3.77. The molecule has 1 aliphatic rings. The molecule has 2 aromatic carbocycles. The predicted molar refractivity (Wildman–Crippen MR) is 112 cm³/mol. The zero-order valence-electron chi connectivity index (χ0n) is 17.1. The summed E-state index contributed by atoms with van der Waals surface area (Å²) in [4.78, 5) is 28.3. The largest absolute Gasteiger partial charge is 0.493 e. The van der Waals surface area contributed by atoms with Gasteiger partial charge in [-0.05, 0) is 43.2 Å². The molecule has 2 aromatic rings. The van der Waals surface area contributed by atoms with E-state index in [0.29, 0.717) is 18.8 Å². The van der Waals surface area contributed by atoms with Gasteiger partial charge in [0.1, 0.15) is 5.75 Å². The molecule has 0 spiro atoms. The number of ether oxygens (including phenoxy) is 2. The number of benzene rings is 2. The van der Waals surface area contributed by atoms with Crippen LogP contribution in [0, 0.1) is 13.8 Å². The first-order chi connectivity index (χ1) is 14.0. The molecule has 1 aliphatic heterocycles. The van der Waals surface area contributed by atoms with Gasteiger partial charge in [-0.15, -0.1) is 0 Å². The number of nitrogens with zero attached hydrogens (tertiary/aromatic N) is 2. The average molecular weight is 396 g/mol. The van der Waals surface area contributed by atoms with Crippen LogP contribution >= 0.6 is 0 Å². The van der Waals surface area contributed by atoms with Gasteiger partial charge in [0.15, 0.2) is 6.61 Å². The maximum atomic E-state index is 12.4. The molecule has 0 N–H and O–H groups in total. The lowest BCUT2D eigenvalue weighted by Crippen LogP contribution is -2.50. The third kappa shape index (κ3) is 5.73. The van der Waals surface area contributed by atoms with Crippen molar-refractivity contribution < 1.29 is 19.1 Å². The van der Waals surface area contributed by atoms with Gasteiger partial charge in [0, 0.05) is 31.9 Å². The van der Waals surface area contributed by atoms with Crippen LogP contribution in [0.25, 0.3) is 0 Å². The van der Waals surface area contributed by atoms with E-state index in [9.17, 15) is 9.59 Å². The molecular weight excluding hydrogens is 368 g/mol. The molecule has 29 heavy (non-hydrogen) atoms. The van der Waals surface area contributed by atoms with Crippen molar-refractivity contribution >= 4 is 17.6 Å². The Kier molecular flexibility index (Phi) is 7.11. The van der Waals surface area contributed by atoms with Crippen LogP contribution in [-0.4, -0.2) is 56.2 Å². The van der Waals surface area contributed by atoms with Crippen molar-refractivity contribution in [2.24, 2.45) is 0 Å². The molecule has 0 aromatic heterocycles. The molecule has 0 saturated carbocycles. The van der Waals surface area contributed by atoms with E-state index in [-0.39, 0.29) is 25.5 Å². The second-order valence-corrected chi connectivity index (χ2v) is 7.16. The molecule has 1 fully saturated rings. The van der Waals surface area contributed by atoms with E-state index in [2.05, 4.69) is 36.9 Å². The number of aryl methyl sites for hydroxylation is 1. The molecule has 1 saturated heterocycles. The van der Waals surface area contributed by atoms with E-state index in [0.717, 1.165) is 13.1 Å². The smallest absolute Gasteiger partial charge is 0.309 e. The highest BCUT2D eigenvalue weighted by Gasteiger charge is 2.23. The van der Waals surface area contributed by atoms with E-state index in [1.807, 2.05) is 30.3 Å². The molecule has 0 radical (unpaired) electrons. The first-order valence-electron chi connectivity index (χ1n) is 9.97. The minimum atomic E-state index is -0.427. The van der Waals surface area contributed by atoms with Gasteiger partial charge in [-0.1, -0.05) is 30.3 Å². The first kappa shape index (κ1) is 20.7. The fraction of sp³-hybridized carbons (Fsp3) is 0.391. The Morgan fingerprint density at radius 3 is 2.38 bits per heavy atom. The SMILES string of the molecule is Cc1cccc(N2CCN(C(=O)COC(=O)CCOc3ccccc3)CC2)c1C. The molecule has 1 heterocycles. The van der Waals surface area contributed by atoms with Gasteiger partial charge in [0.05, 0.1) is 13.0 Å². The van der Waals surface area contributed by atoms with E-state index in [1.54, 1.807) is 4.90 Å². The maximum Gasteiger partial charge on any atom is 0.309 e. The number of piperazine rings is 1. The molecule has 0 aliphatic carbocycles. The third-order valence-corrected chi connectivity index (χ3v) is 5.22. The molecule has 154 valence electrons. The Morgan fingerprint density at radius 1 is 0.931 bits per heavy atom. The van der Waals surface area contributed by atoms with Crippen molar-refractivity contribution in [3.63, 3.8) is 0 Å². The summed E-state index contributed by atoms with van der Waals surface area (Å²) in [6.07, 6.45) is 0.114. The van der Waals surface area contributed by atoms with Crippen molar-refractivity contribution in [3.05, 3.63) is 59.7 Å². The van der Waals surface area contributed by atoms with Crippen LogP contribution in [-0.2, 0) is 14.3 Å². The van der Waals surface area contributed by atoms with Crippen molar-refractivity contribution in [2.45, 2.75) is 20.3 Å². The first-order valence-corrected chi connectivity index (χ1v) is 9.97. The average Bonchev–Trinajstić information content (AvgIpc) is 2.75. The summed E-state index contributed by atoms with van der Waals surface area (Å²) in [6, 6.07) is 15.6. The summed E-state index contributed by atoms with van der Waals surface area (Å²) in [6.45, 7) is 7.05. The number of hydrogen-bond donors (Lipinski definition) is 0. The molecule has 0 unspecified atom stereocenters. The van der Waals surface area contributed by atoms with Gasteiger partial charge < -0.3 is 19.3 Å². The number of rotatable bonds is 7. The summed E-state index contributed by atoms with van der Waals surface area (Å²) in [7, 11) is 0. The van der Waals surface area contributed by atoms with Crippen molar-refractivity contribution in [2.75, 3.05) is 44.3 Å². The highest BCUT2D eigenvalue weighted by atomic mass is 16.5. The van der Waals surface area contributed by atoms with E-state index < -0.39 is 5.97 Å². The number of hydrogen-bond acceptors (Lipinski definition) is 5. The number of anilines is 1. The van der Waals surface area contributed by atoms with Gasteiger partial charge >= 0.3 is 5.97 Å². The standard InChI is InChI=1S/C23H28N2O4/c1-18-7-6-10-21(19(18)2)24-12-14-25(15-13-24)22(26)17-29-23(27)11-16-28-20-8-4-3-5-9-20/h3-10H,11-17H2,1-2H3. The number of carbonyl (C=O) groups excluding carboxylic acids is 2. The van der Waals surface area contributed by atoms with Crippen LogP contribution in [0.3, 0.4) is 0 Å². The molecular formula is C23H28N2O4. The van der Waals surface area contributed by atoms with Crippen molar-refractivity contribution in [3.8, 4) is 5.75 Å². The minimum Gasteiger partial charge on any atom is -0.493 e. The third-order valence-electron chi connectivity index (χ3n) is 5.22. The predicted octanol–water partition coefficient (Wildman–Crippen LogP) is 2.96. The highest BCUT2D eigenvalue weighted by Crippen LogP contribution is 2.23. The Hall–Kier alpha value is -3.02. The van der Waals surface area contributed by atoms with Crippen LogP contribution in [0.5, 0.6) is 5.75 Å². The van der Waals surface area contributed by atoms with Gasteiger partial charge in [-0.3, -0.25) is 9.59 Å². The summed E-state index contributed by atoms with van der Waals surface area (Å²) < 4.78 is 10.6. The Balaban J connectivity index is 1.37.